The third kappa shape index (κ3) is 4.51. The van der Waals surface area contributed by atoms with Crippen LogP contribution in [0.1, 0.15) is 42.5 Å². The van der Waals surface area contributed by atoms with Crippen molar-refractivity contribution in [2.24, 2.45) is 0 Å². The minimum atomic E-state index is -0.662. The molecule has 0 atom stereocenters. The van der Waals surface area contributed by atoms with Crippen molar-refractivity contribution in [3.8, 4) is 0 Å². The average Bonchev–Trinajstić information content (AvgIpc) is 2.59. The van der Waals surface area contributed by atoms with E-state index in [0.29, 0.717) is 0 Å². The zero-order valence-corrected chi connectivity index (χ0v) is 13.1. The van der Waals surface area contributed by atoms with Crippen LogP contribution in [0.3, 0.4) is 0 Å². The van der Waals surface area contributed by atoms with E-state index in [1.54, 1.807) is 11.9 Å². The molecule has 0 spiro atoms. The molecule has 7 heteroatoms. The van der Waals surface area contributed by atoms with Crippen LogP contribution in [-0.4, -0.2) is 41.4 Å². The number of carbonyl (C=O) groups is 2. The molecule has 1 fully saturated rings. The van der Waals surface area contributed by atoms with E-state index >= 15 is 0 Å². The predicted octanol–water partition coefficient (Wildman–Crippen LogP) is 2.54. The van der Waals surface area contributed by atoms with Crippen LogP contribution in [0.25, 0.3) is 0 Å². The second-order valence-corrected chi connectivity index (χ2v) is 5.68. The molecule has 23 heavy (non-hydrogen) atoms. The fraction of sp³-hybridized carbons (Fsp3) is 0.500. The molecule has 0 saturated heterocycles. The van der Waals surface area contributed by atoms with Crippen LogP contribution in [0.5, 0.6) is 0 Å². The summed E-state index contributed by atoms with van der Waals surface area (Å²) in [7, 11) is 1.73. The van der Waals surface area contributed by atoms with Crippen molar-refractivity contribution in [3.63, 3.8) is 0 Å². The zero-order chi connectivity index (χ0) is 16.8. The number of benzene rings is 1. The molecule has 0 unspecified atom stereocenters. The van der Waals surface area contributed by atoms with Crippen LogP contribution >= 0.6 is 0 Å². The first-order valence-electron chi connectivity index (χ1n) is 7.66. The number of nitrogens with zero attached hydrogens (tertiary/aromatic N) is 2. The SMILES string of the molecule is CN(C(=O)COC(=O)c1ccc([N+](=O)[O-])cc1)C1CCCCC1. The summed E-state index contributed by atoms with van der Waals surface area (Å²) in [6.07, 6.45) is 5.40. The number of amides is 1. The summed E-state index contributed by atoms with van der Waals surface area (Å²) in [5, 5.41) is 10.6. The number of non-ortho nitro benzene ring substituents is 1. The van der Waals surface area contributed by atoms with E-state index in [2.05, 4.69) is 0 Å². The summed E-state index contributed by atoms with van der Waals surface area (Å²) < 4.78 is 5.00. The molecule has 1 aromatic rings. The summed E-state index contributed by atoms with van der Waals surface area (Å²) in [5.74, 6) is -0.891. The van der Waals surface area contributed by atoms with E-state index in [1.807, 2.05) is 0 Å². The molecule has 7 nitrogen and oxygen atoms in total. The Morgan fingerprint density at radius 3 is 2.39 bits per heavy atom. The van der Waals surface area contributed by atoms with Gasteiger partial charge in [0.25, 0.3) is 11.6 Å². The molecule has 0 radical (unpaired) electrons. The van der Waals surface area contributed by atoms with Gasteiger partial charge in [-0.1, -0.05) is 19.3 Å². The highest BCUT2D eigenvalue weighted by atomic mass is 16.6. The number of ether oxygens (including phenoxy) is 1. The van der Waals surface area contributed by atoms with E-state index in [0.717, 1.165) is 25.7 Å². The Bertz CT molecular complexity index is 579. The van der Waals surface area contributed by atoms with E-state index in [1.165, 1.54) is 30.7 Å². The van der Waals surface area contributed by atoms with E-state index in [4.69, 9.17) is 4.74 Å². The first kappa shape index (κ1) is 16.9. The Labute approximate surface area is 134 Å². The molecule has 0 heterocycles. The van der Waals surface area contributed by atoms with Gasteiger partial charge in [0, 0.05) is 25.2 Å². The third-order valence-corrected chi connectivity index (χ3v) is 4.16. The van der Waals surface area contributed by atoms with Crippen molar-refractivity contribution in [2.75, 3.05) is 13.7 Å². The van der Waals surface area contributed by atoms with E-state index in [-0.39, 0.29) is 29.8 Å². The van der Waals surface area contributed by atoms with Crippen molar-refractivity contribution in [2.45, 2.75) is 38.1 Å². The Morgan fingerprint density at radius 1 is 1.22 bits per heavy atom. The van der Waals surface area contributed by atoms with Crippen LogP contribution in [0.15, 0.2) is 24.3 Å². The molecule has 0 aromatic heterocycles. The number of likely N-dealkylation sites (N-methyl/N-ethyl adjacent to an activating group) is 1. The van der Waals surface area contributed by atoms with Gasteiger partial charge in [0.05, 0.1) is 10.5 Å². The maximum absolute atomic E-state index is 12.1. The minimum Gasteiger partial charge on any atom is -0.452 e. The van der Waals surface area contributed by atoms with Crippen molar-refractivity contribution in [3.05, 3.63) is 39.9 Å². The average molecular weight is 320 g/mol. The van der Waals surface area contributed by atoms with Crippen molar-refractivity contribution in [1.82, 2.24) is 4.90 Å². The molecular weight excluding hydrogens is 300 g/mol. The molecular formula is C16H20N2O5. The molecule has 2 rings (SSSR count). The molecule has 1 saturated carbocycles. The fourth-order valence-corrected chi connectivity index (χ4v) is 2.70. The number of esters is 1. The zero-order valence-electron chi connectivity index (χ0n) is 13.1. The van der Waals surface area contributed by atoms with Gasteiger partial charge in [-0.3, -0.25) is 14.9 Å². The molecule has 124 valence electrons. The molecule has 1 aromatic carbocycles. The van der Waals surface area contributed by atoms with Crippen LogP contribution in [-0.2, 0) is 9.53 Å². The maximum Gasteiger partial charge on any atom is 0.338 e. The van der Waals surface area contributed by atoms with Crippen molar-refractivity contribution >= 4 is 17.6 Å². The van der Waals surface area contributed by atoms with Gasteiger partial charge in [-0.15, -0.1) is 0 Å². The molecule has 0 bridgehead atoms. The van der Waals surface area contributed by atoms with Crippen LogP contribution in [0.4, 0.5) is 5.69 Å². The Balaban J connectivity index is 1.85. The molecule has 1 aliphatic carbocycles. The summed E-state index contributed by atoms with van der Waals surface area (Å²) >= 11 is 0. The second kappa shape index (κ2) is 7.71. The third-order valence-electron chi connectivity index (χ3n) is 4.16. The van der Waals surface area contributed by atoms with Crippen LogP contribution in [0, 0.1) is 10.1 Å². The lowest BCUT2D eigenvalue weighted by Gasteiger charge is -2.31. The normalized spacial score (nSPS) is 15.0. The highest BCUT2D eigenvalue weighted by Gasteiger charge is 2.23. The first-order valence-corrected chi connectivity index (χ1v) is 7.66. The lowest BCUT2D eigenvalue weighted by atomic mass is 9.94. The number of nitro groups is 1. The number of carbonyl (C=O) groups excluding carboxylic acids is 2. The highest BCUT2D eigenvalue weighted by Crippen LogP contribution is 2.21. The highest BCUT2D eigenvalue weighted by molar-refractivity contribution is 5.91. The molecule has 0 aliphatic heterocycles. The van der Waals surface area contributed by atoms with Gasteiger partial charge in [0.2, 0.25) is 0 Å². The minimum absolute atomic E-state index is 0.102. The standard InChI is InChI=1S/C16H20N2O5/c1-17(13-5-3-2-4-6-13)15(19)11-23-16(20)12-7-9-14(10-8-12)18(21)22/h7-10,13H,2-6,11H2,1H3. The monoisotopic (exact) mass is 320 g/mol. The van der Waals surface area contributed by atoms with E-state index < -0.39 is 10.9 Å². The van der Waals surface area contributed by atoms with Gasteiger partial charge in [-0.25, -0.2) is 4.79 Å². The van der Waals surface area contributed by atoms with E-state index in [9.17, 15) is 19.7 Å². The summed E-state index contributed by atoms with van der Waals surface area (Å²) in [5.41, 5.74) is 0.0818. The van der Waals surface area contributed by atoms with Gasteiger partial charge < -0.3 is 9.64 Å². The number of hydrogen-bond acceptors (Lipinski definition) is 5. The largest absolute Gasteiger partial charge is 0.452 e. The van der Waals surface area contributed by atoms with Gasteiger partial charge in [-0.05, 0) is 25.0 Å². The number of rotatable bonds is 5. The quantitative estimate of drug-likeness (QED) is 0.472. The van der Waals surface area contributed by atoms with Gasteiger partial charge >= 0.3 is 5.97 Å². The molecule has 1 amide bonds. The fourth-order valence-electron chi connectivity index (χ4n) is 2.70. The Kier molecular flexibility index (Phi) is 5.67. The predicted molar refractivity (Wildman–Crippen MR) is 83.0 cm³/mol. The molecule has 0 N–H and O–H groups in total. The molecule has 1 aliphatic rings. The summed E-state index contributed by atoms with van der Waals surface area (Å²) in [4.78, 5) is 35.6. The Morgan fingerprint density at radius 2 is 1.83 bits per heavy atom. The van der Waals surface area contributed by atoms with Crippen LogP contribution in [0.2, 0.25) is 0 Å². The van der Waals surface area contributed by atoms with Gasteiger partial charge in [0.1, 0.15) is 0 Å². The number of hydrogen-bond donors (Lipinski definition) is 0. The summed E-state index contributed by atoms with van der Waals surface area (Å²) in [6.45, 7) is -0.317. The van der Waals surface area contributed by atoms with Crippen molar-refractivity contribution in [1.29, 1.82) is 0 Å². The lowest BCUT2D eigenvalue weighted by molar-refractivity contribution is -0.384. The first-order chi connectivity index (χ1) is 11.0. The summed E-state index contributed by atoms with van der Waals surface area (Å²) in [6, 6.07) is 5.30. The maximum atomic E-state index is 12.1. The Hall–Kier alpha value is -2.44. The smallest absolute Gasteiger partial charge is 0.338 e. The number of nitro benzene ring substituents is 1. The topological polar surface area (TPSA) is 89.8 Å². The van der Waals surface area contributed by atoms with Crippen molar-refractivity contribution < 1.29 is 19.2 Å². The lowest BCUT2D eigenvalue weighted by Crippen LogP contribution is -2.40. The van der Waals surface area contributed by atoms with Gasteiger partial charge in [-0.2, -0.15) is 0 Å². The van der Waals surface area contributed by atoms with Crippen LogP contribution < -0.4 is 0 Å². The van der Waals surface area contributed by atoms with Gasteiger partial charge in [0.15, 0.2) is 6.61 Å². The second-order valence-electron chi connectivity index (χ2n) is 5.68.